The molecule has 1 spiro atoms. The van der Waals surface area contributed by atoms with E-state index in [9.17, 15) is 9.59 Å². The molecular formula is C24H20N2O4. The highest BCUT2D eigenvalue weighted by atomic mass is 16.5. The van der Waals surface area contributed by atoms with Gasteiger partial charge in [-0.2, -0.15) is 0 Å². The molecule has 2 amide bonds. The lowest BCUT2D eigenvalue weighted by Gasteiger charge is -2.43. The van der Waals surface area contributed by atoms with Crippen LogP contribution in [0.15, 0.2) is 72.8 Å². The van der Waals surface area contributed by atoms with Crippen LogP contribution in [0.4, 0.5) is 11.4 Å². The number of likely N-dealkylation sites (N-methyl/N-ethyl adjacent to an activating group) is 1. The third-order valence-corrected chi connectivity index (χ3v) is 5.73. The van der Waals surface area contributed by atoms with Crippen molar-refractivity contribution in [2.45, 2.75) is 12.3 Å². The summed E-state index contributed by atoms with van der Waals surface area (Å²) in [6, 6.07) is 21.9. The van der Waals surface area contributed by atoms with Crippen LogP contribution in [0.2, 0.25) is 0 Å². The van der Waals surface area contributed by atoms with E-state index in [4.69, 9.17) is 9.47 Å². The number of anilines is 2. The Labute approximate surface area is 174 Å². The quantitative estimate of drug-likeness (QED) is 0.658. The molecule has 0 bridgehead atoms. The third kappa shape index (κ3) is 2.40. The minimum atomic E-state index is -1.56. The largest absolute Gasteiger partial charge is 0.497 e. The Kier molecular flexibility index (Phi) is 4.11. The Bertz CT molecular complexity index is 1180. The second kappa shape index (κ2) is 6.71. The Hall–Kier alpha value is -3.64. The van der Waals surface area contributed by atoms with Gasteiger partial charge in [-0.3, -0.25) is 14.5 Å². The number of rotatable bonds is 2. The average Bonchev–Trinajstić information content (AvgIpc) is 3.01. The number of benzene rings is 3. The van der Waals surface area contributed by atoms with Crippen LogP contribution < -0.4 is 14.5 Å². The molecule has 2 heterocycles. The molecule has 0 radical (unpaired) electrons. The highest BCUT2D eigenvalue weighted by Crippen LogP contribution is 2.50. The van der Waals surface area contributed by atoms with Gasteiger partial charge >= 0.3 is 0 Å². The molecule has 30 heavy (non-hydrogen) atoms. The van der Waals surface area contributed by atoms with Crippen LogP contribution in [-0.4, -0.2) is 26.0 Å². The normalized spacial score (nSPS) is 19.6. The maximum atomic E-state index is 13.9. The molecule has 3 aromatic rings. The van der Waals surface area contributed by atoms with Gasteiger partial charge < -0.3 is 14.4 Å². The molecule has 2 aliphatic rings. The summed E-state index contributed by atoms with van der Waals surface area (Å²) in [6.07, 6.45) is 0. The lowest BCUT2D eigenvalue weighted by atomic mass is 9.96. The summed E-state index contributed by atoms with van der Waals surface area (Å²) in [5.41, 5.74) is 1.75. The van der Waals surface area contributed by atoms with E-state index in [0.717, 1.165) is 11.3 Å². The van der Waals surface area contributed by atoms with E-state index in [2.05, 4.69) is 0 Å². The fourth-order valence-corrected chi connectivity index (χ4v) is 4.27. The Morgan fingerprint density at radius 1 is 1.00 bits per heavy atom. The molecule has 0 saturated carbocycles. The fraction of sp³-hybridized carbons (Fsp3) is 0.167. The van der Waals surface area contributed by atoms with Crippen molar-refractivity contribution in [1.82, 2.24) is 0 Å². The molecule has 0 fully saturated rings. The Balaban J connectivity index is 1.76. The number of fused-ring (bicyclic) bond motifs is 3. The van der Waals surface area contributed by atoms with Crippen molar-refractivity contribution in [2.24, 2.45) is 0 Å². The van der Waals surface area contributed by atoms with Gasteiger partial charge in [0.2, 0.25) is 0 Å². The standard InChI is InChI=1S/C24H20N2O4/c1-25-21-13-6-4-11-19(21)24(23(25)28)26(20-12-5-3-8-17(20)15-30-24)22(27)16-9-7-10-18(14-16)29-2/h3-14H,15H2,1-2H3/t24-/m1/s1. The first-order valence-corrected chi connectivity index (χ1v) is 9.66. The number of methoxy groups -OCH3 is 1. The van der Waals surface area contributed by atoms with Crippen molar-refractivity contribution in [2.75, 3.05) is 24.0 Å². The SMILES string of the molecule is COc1cccc(C(=O)N2c3ccccc3CO[C@]23C(=O)N(C)c2ccccc23)c1. The summed E-state index contributed by atoms with van der Waals surface area (Å²) in [7, 11) is 3.25. The van der Waals surface area contributed by atoms with Crippen LogP contribution in [0.5, 0.6) is 5.75 Å². The number of nitrogens with zero attached hydrogens (tertiary/aromatic N) is 2. The number of hydrogen-bond acceptors (Lipinski definition) is 4. The van der Waals surface area contributed by atoms with Crippen molar-refractivity contribution >= 4 is 23.2 Å². The van der Waals surface area contributed by atoms with Gasteiger partial charge in [-0.25, -0.2) is 0 Å². The van der Waals surface area contributed by atoms with Crippen molar-refractivity contribution < 1.29 is 19.1 Å². The maximum Gasteiger partial charge on any atom is 0.285 e. The van der Waals surface area contributed by atoms with E-state index in [1.165, 1.54) is 4.90 Å². The summed E-state index contributed by atoms with van der Waals surface area (Å²) >= 11 is 0. The zero-order valence-corrected chi connectivity index (χ0v) is 16.7. The predicted molar refractivity (Wildman–Crippen MR) is 113 cm³/mol. The molecule has 0 saturated heterocycles. The molecule has 1 atom stereocenters. The number of ether oxygens (including phenoxy) is 2. The van der Waals surface area contributed by atoms with E-state index >= 15 is 0 Å². The van der Waals surface area contributed by atoms with Crippen molar-refractivity contribution in [3.63, 3.8) is 0 Å². The number of hydrogen-bond donors (Lipinski definition) is 0. The van der Waals surface area contributed by atoms with Crippen LogP contribution >= 0.6 is 0 Å². The van der Waals surface area contributed by atoms with E-state index in [-0.39, 0.29) is 18.4 Å². The monoisotopic (exact) mass is 400 g/mol. The average molecular weight is 400 g/mol. The first-order valence-electron chi connectivity index (χ1n) is 9.66. The Morgan fingerprint density at radius 2 is 1.73 bits per heavy atom. The van der Waals surface area contributed by atoms with Crippen LogP contribution in [0.3, 0.4) is 0 Å². The first kappa shape index (κ1) is 18.4. The van der Waals surface area contributed by atoms with Gasteiger partial charge in [-0.15, -0.1) is 0 Å². The Morgan fingerprint density at radius 3 is 2.53 bits per heavy atom. The molecule has 0 unspecified atom stereocenters. The fourth-order valence-electron chi connectivity index (χ4n) is 4.27. The van der Waals surface area contributed by atoms with Crippen LogP contribution in [-0.2, 0) is 21.9 Å². The van der Waals surface area contributed by atoms with Crippen molar-refractivity contribution in [1.29, 1.82) is 0 Å². The first-order chi connectivity index (χ1) is 14.6. The second-order valence-electron chi connectivity index (χ2n) is 7.32. The summed E-state index contributed by atoms with van der Waals surface area (Å²) in [6.45, 7) is 0.228. The van der Waals surface area contributed by atoms with Gasteiger partial charge in [0.15, 0.2) is 0 Å². The molecule has 2 aliphatic heterocycles. The van der Waals surface area contributed by atoms with Crippen LogP contribution in [0.25, 0.3) is 0 Å². The second-order valence-corrected chi connectivity index (χ2v) is 7.32. The summed E-state index contributed by atoms with van der Waals surface area (Å²) in [5, 5.41) is 0. The molecule has 0 aromatic heterocycles. The molecule has 0 aliphatic carbocycles. The highest BCUT2D eigenvalue weighted by Gasteiger charge is 2.59. The minimum Gasteiger partial charge on any atom is -0.497 e. The van der Waals surface area contributed by atoms with Gasteiger partial charge in [0.05, 0.1) is 25.1 Å². The van der Waals surface area contributed by atoms with Gasteiger partial charge in [0.25, 0.3) is 17.5 Å². The minimum absolute atomic E-state index is 0.228. The molecule has 5 rings (SSSR count). The topological polar surface area (TPSA) is 59.1 Å². The molecule has 6 heteroatoms. The lowest BCUT2D eigenvalue weighted by molar-refractivity contribution is -0.146. The number of carbonyl (C=O) groups is 2. The number of amides is 2. The third-order valence-electron chi connectivity index (χ3n) is 5.73. The smallest absolute Gasteiger partial charge is 0.285 e. The molecule has 3 aromatic carbocycles. The molecule has 6 nitrogen and oxygen atoms in total. The molecule has 0 N–H and O–H groups in total. The van der Waals surface area contributed by atoms with Crippen molar-refractivity contribution in [3.8, 4) is 5.75 Å². The molecule has 150 valence electrons. The highest BCUT2D eigenvalue weighted by molar-refractivity contribution is 6.17. The van der Waals surface area contributed by atoms with E-state index in [1.807, 2.05) is 48.5 Å². The maximum absolute atomic E-state index is 13.9. The van der Waals surface area contributed by atoms with Crippen LogP contribution in [0, 0.1) is 0 Å². The summed E-state index contributed by atoms with van der Waals surface area (Å²) in [4.78, 5) is 30.5. The van der Waals surface area contributed by atoms with Crippen LogP contribution in [0.1, 0.15) is 21.5 Å². The predicted octanol–water partition coefficient (Wildman–Crippen LogP) is 3.70. The lowest BCUT2D eigenvalue weighted by Crippen LogP contribution is -2.59. The van der Waals surface area contributed by atoms with E-state index in [0.29, 0.717) is 22.6 Å². The molecular weight excluding hydrogens is 380 g/mol. The number of para-hydroxylation sites is 2. The number of carbonyl (C=O) groups excluding carboxylic acids is 2. The summed E-state index contributed by atoms with van der Waals surface area (Å²) < 4.78 is 11.6. The van der Waals surface area contributed by atoms with Crippen molar-refractivity contribution in [3.05, 3.63) is 89.5 Å². The van der Waals surface area contributed by atoms with E-state index in [1.54, 1.807) is 43.3 Å². The van der Waals surface area contributed by atoms with Gasteiger partial charge in [0, 0.05) is 23.7 Å². The summed E-state index contributed by atoms with van der Waals surface area (Å²) in [5.74, 6) is -0.0645. The van der Waals surface area contributed by atoms with E-state index < -0.39 is 5.72 Å². The van der Waals surface area contributed by atoms with Gasteiger partial charge in [0.1, 0.15) is 5.75 Å². The van der Waals surface area contributed by atoms with Gasteiger partial charge in [-0.05, 0) is 30.3 Å². The zero-order valence-electron chi connectivity index (χ0n) is 16.7. The zero-order chi connectivity index (χ0) is 20.9. The van der Waals surface area contributed by atoms with Gasteiger partial charge in [-0.1, -0.05) is 42.5 Å².